The predicted molar refractivity (Wildman–Crippen MR) is 82.7 cm³/mol. The first-order valence-electron chi connectivity index (χ1n) is 6.63. The number of allylic oxidation sites excluding steroid dienone is 1. The van der Waals surface area contributed by atoms with Crippen LogP contribution in [0.4, 0.5) is 0 Å². The molecule has 3 rings (SSSR count). The summed E-state index contributed by atoms with van der Waals surface area (Å²) >= 11 is 1.69. The van der Waals surface area contributed by atoms with Crippen molar-refractivity contribution < 1.29 is 4.92 Å². The van der Waals surface area contributed by atoms with E-state index in [9.17, 15) is 10.1 Å². The van der Waals surface area contributed by atoms with Gasteiger partial charge in [-0.25, -0.2) is 0 Å². The largest absolute Gasteiger partial charge is 0.344 e. The first-order chi connectivity index (χ1) is 9.61. The van der Waals surface area contributed by atoms with E-state index >= 15 is 0 Å². The highest BCUT2D eigenvalue weighted by molar-refractivity contribution is 7.98. The van der Waals surface area contributed by atoms with Crippen LogP contribution in [0.2, 0.25) is 0 Å². The Kier molecular flexibility index (Phi) is 3.30. The van der Waals surface area contributed by atoms with Crippen molar-refractivity contribution in [2.45, 2.75) is 31.2 Å². The lowest BCUT2D eigenvalue weighted by atomic mass is 10.1. The van der Waals surface area contributed by atoms with Gasteiger partial charge >= 0.3 is 0 Å². The van der Waals surface area contributed by atoms with Gasteiger partial charge in [0, 0.05) is 46.6 Å². The SMILES string of the molecule is CSc1ccc2c(c1)c(/C=C(\C)[N+](=O)[O-])c1n2CCC1. The molecule has 0 spiro atoms. The molecule has 20 heavy (non-hydrogen) atoms. The van der Waals surface area contributed by atoms with Crippen LogP contribution in [0.15, 0.2) is 28.8 Å². The zero-order chi connectivity index (χ0) is 14.3. The van der Waals surface area contributed by atoms with Gasteiger partial charge in [-0.3, -0.25) is 10.1 Å². The normalized spacial score (nSPS) is 14.8. The number of benzene rings is 1. The predicted octanol–water partition coefficient (Wildman–Crippen LogP) is 3.95. The van der Waals surface area contributed by atoms with E-state index < -0.39 is 0 Å². The fourth-order valence-corrected chi connectivity index (χ4v) is 3.33. The summed E-state index contributed by atoms with van der Waals surface area (Å²) in [7, 11) is 0. The van der Waals surface area contributed by atoms with E-state index in [0.717, 1.165) is 30.3 Å². The molecule has 0 aliphatic carbocycles. The topological polar surface area (TPSA) is 48.1 Å². The minimum Gasteiger partial charge on any atom is -0.344 e. The number of rotatable bonds is 3. The Morgan fingerprint density at radius 3 is 3.00 bits per heavy atom. The number of aromatic nitrogens is 1. The van der Waals surface area contributed by atoms with Gasteiger partial charge in [-0.05, 0) is 37.3 Å². The molecule has 0 amide bonds. The molecule has 0 radical (unpaired) electrons. The Labute approximate surface area is 121 Å². The van der Waals surface area contributed by atoms with Crippen LogP contribution in [0.25, 0.3) is 17.0 Å². The third kappa shape index (κ3) is 2.02. The van der Waals surface area contributed by atoms with E-state index in [1.165, 1.54) is 16.1 Å². The highest BCUT2D eigenvalue weighted by Crippen LogP contribution is 2.35. The summed E-state index contributed by atoms with van der Waals surface area (Å²) in [5.41, 5.74) is 3.65. The molecule has 0 bridgehead atoms. The zero-order valence-corrected chi connectivity index (χ0v) is 12.4. The maximum atomic E-state index is 10.9. The lowest BCUT2D eigenvalue weighted by molar-refractivity contribution is -0.422. The number of thioether (sulfide) groups is 1. The van der Waals surface area contributed by atoms with Gasteiger partial charge in [0.25, 0.3) is 0 Å². The molecule has 0 saturated heterocycles. The maximum absolute atomic E-state index is 10.9. The Morgan fingerprint density at radius 2 is 2.30 bits per heavy atom. The van der Waals surface area contributed by atoms with Gasteiger partial charge in [-0.2, -0.15) is 0 Å². The van der Waals surface area contributed by atoms with Crippen LogP contribution < -0.4 is 0 Å². The lowest BCUT2D eigenvalue weighted by Crippen LogP contribution is -1.94. The van der Waals surface area contributed by atoms with Gasteiger partial charge in [-0.1, -0.05) is 0 Å². The van der Waals surface area contributed by atoms with Gasteiger partial charge in [0.05, 0.1) is 4.92 Å². The zero-order valence-electron chi connectivity index (χ0n) is 11.5. The molecule has 0 unspecified atom stereocenters. The standard InChI is InChI=1S/C15H16N2O2S/c1-10(17(18)19)8-12-13-9-11(20-2)5-6-15(13)16-7-3-4-14(12)16/h5-6,8-9H,3-4,7H2,1-2H3/b10-8+. The average Bonchev–Trinajstić information content (AvgIpc) is 3.01. The monoisotopic (exact) mass is 288 g/mol. The van der Waals surface area contributed by atoms with Gasteiger partial charge in [-0.15, -0.1) is 11.8 Å². The Morgan fingerprint density at radius 1 is 1.50 bits per heavy atom. The molecule has 4 nitrogen and oxygen atoms in total. The van der Waals surface area contributed by atoms with E-state index in [1.807, 2.05) is 6.26 Å². The van der Waals surface area contributed by atoms with Gasteiger partial charge in [0.15, 0.2) is 0 Å². The molecule has 1 aromatic carbocycles. The molecule has 0 fully saturated rings. The van der Waals surface area contributed by atoms with Crippen molar-refractivity contribution in [3.63, 3.8) is 0 Å². The summed E-state index contributed by atoms with van der Waals surface area (Å²) in [6.45, 7) is 2.57. The second-order valence-corrected chi connectivity index (χ2v) is 5.92. The fourth-order valence-electron chi connectivity index (χ4n) is 2.89. The fraction of sp³-hybridized carbons (Fsp3) is 0.333. The molecular formula is C15H16N2O2S. The van der Waals surface area contributed by atoms with Crippen LogP contribution >= 0.6 is 11.8 Å². The summed E-state index contributed by atoms with van der Waals surface area (Å²) in [4.78, 5) is 11.8. The summed E-state index contributed by atoms with van der Waals surface area (Å²) in [6, 6.07) is 6.39. The van der Waals surface area contributed by atoms with Crippen molar-refractivity contribution in [2.24, 2.45) is 0 Å². The minimum absolute atomic E-state index is 0.196. The van der Waals surface area contributed by atoms with E-state index in [-0.39, 0.29) is 10.6 Å². The lowest BCUT2D eigenvalue weighted by Gasteiger charge is -2.01. The maximum Gasteiger partial charge on any atom is 0.243 e. The van der Waals surface area contributed by atoms with Crippen LogP contribution in [0.5, 0.6) is 0 Å². The number of fused-ring (bicyclic) bond motifs is 3. The summed E-state index contributed by atoms with van der Waals surface area (Å²) in [6.07, 6.45) is 5.89. The smallest absolute Gasteiger partial charge is 0.243 e. The second-order valence-electron chi connectivity index (χ2n) is 5.04. The van der Waals surface area contributed by atoms with E-state index in [0.29, 0.717) is 0 Å². The Bertz CT molecular complexity index is 731. The molecule has 2 aromatic rings. The minimum atomic E-state index is -0.316. The highest BCUT2D eigenvalue weighted by Gasteiger charge is 2.21. The first-order valence-corrected chi connectivity index (χ1v) is 7.86. The molecule has 1 aliphatic heterocycles. The summed E-state index contributed by atoms with van der Waals surface area (Å²) in [5, 5.41) is 12.0. The van der Waals surface area contributed by atoms with Crippen LogP contribution in [0.3, 0.4) is 0 Å². The number of hydrogen-bond acceptors (Lipinski definition) is 3. The number of nitro groups is 1. The molecule has 0 saturated carbocycles. The third-order valence-electron chi connectivity index (χ3n) is 3.86. The van der Waals surface area contributed by atoms with Gasteiger partial charge < -0.3 is 4.57 Å². The van der Waals surface area contributed by atoms with Crippen molar-refractivity contribution in [3.05, 3.63) is 45.3 Å². The number of aryl methyl sites for hydroxylation is 1. The molecule has 104 valence electrons. The first kappa shape index (κ1) is 13.2. The molecule has 1 aromatic heterocycles. The van der Waals surface area contributed by atoms with E-state index in [4.69, 9.17) is 0 Å². The van der Waals surface area contributed by atoms with Gasteiger partial charge in [0.1, 0.15) is 0 Å². The number of nitrogens with zero attached hydrogens (tertiary/aromatic N) is 2. The van der Waals surface area contributed by atoms with E-state index in [2.05, 4.69) is 22.8 Å². The van der Waals surface area contributed by atoms with E-state index in [1.54, 1.807) is 24.8 Å². The van der Waals surface area contributed by atoms with Crippen LogP contribution in [0, 0.1) is 10.1 Å². The van der Waals surface area contributed by atoms with Crippen molar-refractivity contribution in [3.8, 4) is 0 Å². The van der Waals surface area contributed by atoms with Crippen molar-refractivity contribution >= 4 is 28.7 Å². The van der Waals surface area contributed by atoms with Crippen molar-refractivity contribution in [1.29, 1.82) is 0 Å². The van der Waals surface area contributed by atoms with Crippen LogP contribution in [-0.4, -0.2) is 15.7 Å². The highest BCUT2D eigenvalue weighted by atomic mass is 32.2. The third-order valence-corrected chi connectivity index (χ3v) is 4.58. The number of hydrogen-bond donors (Lipinski definition) is 0. The van der Waals surface area contributed by atoms with Crippen molar-refractivity contribution in [2.75, 3.05) is 6.26 Å². The van der Waals surface area contributed by atoms with Gasteiger partial charge in [0.2, 0.25) is 5.70 Å². The molecule has 0 N–H and O–H groups in total. The van der Waals surface area contributed by atoms with Crippen LogP contribution in [0.1, 0.15) is 24.6 Å². The molecule has 1 aliphatic rings. The second kappa shape index (κ2) is 4.98. The average molecular weight is 288 g/mol. The molecule has 2 heterocycles. The Hall–Kier alpha value is -1.75. The van der Waals surface area contributed by atoms with Crippen LogP contribution in [-0.2, 0) is 13.0 Å². The summed E-state index contributed by atoms with van der Waals surface area (Å²) in [5.74, 6) is 0. The molecule has 5 heteroatoms. The quantitative estimate of drug-likeness (QED) is 0.488. The Balaban J connectivity index is 2.28. The molecular weight excluding hydrogens is 272 g/mol. The molecule has 0 atom stereocenters. The van der Waals surface area contributed by atoms with Crippen molar-refractivity contribution in [1.82, 2.24) is 4.57 Å². The summed E-state index contributed by atoms with van der Waals surface area (Å²) < 4.78 is 2.30.